The third kappa shape index (κ3) is 1.99. The number of carbonyl (C=O) groups is 1. The van der Waals surface area contributed by atoms with Crippen LogP contribution in [0.3, 0.4) is 0 Å². The highest BCUT2D eigenvalue weighted by molar-refractivity contribution is 7.12. The molecule has 1 aliphatic rings. The molecule has 1 N–H and O–H groups in total. The zero-order chi connectivity index (χ0) is 15.9. The lowest BCUT2D eigenvalue weighted by Gasteiger charge is -2.27. The second kappa shape index (κ2) is 5.31. The molecule has 0 aliphatic carbocycles. The van der Waals surface area contributed by atoms with Crippen LogP contribution in [0.5, 0.6) is 0 Å². The molecule has 0 bridgehead atoms. The average Bonchev–Trinajstić information content (AvgIpc) is 3.12. The number of rotatable bonds is 3. The molecule has 1 aromatic heterocycles. The Morgan fingerprint density at radius 1 is 1.32 bits per heavy atom. The predicted octanol–water partition coefficient (Wildman–Crippen LogP) is 2.74. The Kier molecular flexibility index (Phi) is 3.60. The van der Waals surface area contributed by atoms with Crippen molar-refractivity contribution in [1.29, 1.82) is 0 Å². The van der Waals surface area contributed by atoms with Crippen LogP contribution in [0.15, 0.2) is 47.8 Å². The normalized spacial score (nSPS) is 25.7. The summed E-state index contributed by atoms with van der Waals surface area (Å²) in [6.07, 6.45) is 0. The zero-order valence-electron chi connectivity index (χ0n) is 12.3. The third-order valence-corrected chi connectivity index (χ3v) is 4.96. The van der Waals surface area contributed by atoms with Crippen molar-refractivity contribution in [2.75, 3.05) is 0 Å². The van der Waals surface area contributed by atoms with Gasteiger partial charge >= 0.3 is 5.66 Å². The fourth-order valence-corrected chi connectivity index (χ4v) is 3.61. The van der Waals surface area contributed by atoms with E-state index in [0.29, 0.717) is 16.0 Å². The van der Waals surface area contributed by atoms with Gasteiger partial charge in [0, 0.05) is 12.5 Å². The minimum Gasteiger partial charge on any atom is -0.622 e. The fraction of sp³-hybridized carbons (Fsp3) is 0.250. The number of ketones is 1. The molecule has 114 valence electrons. The predicted molar refractivity (Wildman–Crippen MR) is 84.3 cm³/mol. The van der Waals surface area contributed by atoms with Crippen molar-refractivity contribution in [3.8, 4) is 0 Å². The number of Topliss-reactive ketones (excluding diaryl/α,β-unsaturated/α-hetero) is 1. The first-order chi connectivity index (χ1) is 10.5. The van der Waals surface area contributed by atoms with E-state index in [9.17, 15) is 15.2 Å². The molecule has 6 heteroatoms. The Hall–Kier alpha value is -2.02. The maximum Gasteiger partial charge on any atom is 0.312 e. The maximum atomic E-state index is 12.8. The fourth-order valence-electron chi connectivity index (χ4n) is 2.78. The molecule has 0 amide bonds. The lowest BCUT2D eigenvalue weighted by molar-refractivity contribution is -0.561. The molecular weight excluding hydrogens is 300 g/mol. The number of hydrogen-bond donors (Lipinski definition) is 1. The van der Waals surface area contributed by atoms with Gasteiger partial charge in [0.25, 0.3) is 5.78 Å². The van der Waals surface area contributed by atoms with E-state index in [0.717, 1.165) is 9.94 Å². The van der Waals surface area contributed by atoms with Crippen LogP contribution in [-0.4, -0.2) is 38.2 Å². The van der Waals surface area contributed by atoms with Crippen molar-refractivity contribution in [2.24, 2.45) is 0 Å². The summed E-state index contributed by atoms with van der Waals surface area (Å²) in [7, 11) is 0. The Bertz CT molecular complexity index is 727. The summed E-state index contributed by atoms with van der Waals surface area (Å²) in [5.41, 5.74) is -0.867. The molecule has 2 aromatic rings. The van der Waals surface area contributed by atoms with Gasteiger partial charge in [0.2, 0.25) is 5.71 Å². The van der Waals surface area contributed by atoms with Crippen LogP contribution >= 0.6 is 11.3 Å². The van der Waals surface area contributed by atoms with Gasteiger partial charge in [-0.15, -0.1) is 16.4 Å². The lowest BCUT2D eigenvalue weighted by atomic mass is 10.00. The monoisotopic (exact) mass is 316 g/mol. The van der Waals surface area contributed by atoms with Crippen LogP contribution in [0, 0.1) is 5.21 Å². The van der Waals surface area contributed by atoms with Gasteiger partial charge in [-0.1, -0.05) is 36.4 Å². The minimum atomic E-state index is -1.67. The van der Waals surface area contributed by atoms with E-state index in [-0.39, 0.29) is 0 Å². The molecule has 0 radical (unpaired) electrons. The number of benzene rings is 1. The lowest BCUT2D eigenvalue weighted by Crippen LogP contribution is -2.54. The van der Waals surface area contributed by atoms with Crippen molar-refractivity contribution in [3.63, 3.8) is 0 Å². The summed E-state index contributed by atoms with van der Waals surface area (Å²) in [5, 5.41) is 26.0. The highest BCUT2D eigenvalue weighted by Crippen LogP contribution is 2.32. The number of carbonyl (C=O) groups excluding carboxylic acids is 1. The summed E-state index contributed by atoms with van der Waals surface area (Å²) < 4.78 is 0.638. The summed E-state index contributed by atoms with van der Waals surface area (Å²) in [4.78, 5) is 13.6. The van der Waals surface area contributed by atoms with Crippen LogP contribution in [0.1, 0.15) is 29.1 Å². The maximum absolute atomic E-state index is 12.8. The molecule has 5 nitrogen and oxygen atoms in total. The van der Waals surface area contributed by atoms with Crippen molar-refractivity contribution >= 4 is 22.8 Å². The second-order valence-corrected chi connectivity index (χ2v) is 6.34. The van der Waals surface area contributed by atoms with Crippen LogP contribution in [-0.2, 0) is 0 Å². The number of hydrogen-bond acceptors (Lipinski definition) is 5. The molecule has 0 fully saturated rings. The summed E-state index contributed by atoms with van der Waals surface area (Å²) in [5.74, 6) is -0.427. The van der Waals surface area contributed by atoms with Gasteiger partial charge < -0.3 is 10.4 Å². The molecular formula is C16H16N2O3S. The molecule has 2 heterocycles. The van der Waals surface area contributed by atoms with Crippen molar-refractivity contribution in [2.45, 2.75) is 25.6 Å². The molecule has 0 saturated heterocycles. The molecule has 0 saturated carbocycles. The van der Waals surface area contributed by atoms with Gasteiger partial charge in [-0.05, 0) is 18.4 Å². The Morgan fingerprint density at radius 2 is 2.00 bits per heavy atom. The van der Waals surface area contributed by atoms with E-state index in [1.54, 1.807) is 37.3 Å². The van der Waals surface area contributed by atoms with Crippen molar-refractivity contribution < 1.29 is 14.7 Å². The summed E-state index contributed by atoms with van der Waals surface area (Å²) in [6.45, 7) is 3.16. The quantitative estimate of drug-likeness (QED) is 0.537. The first-order valence-corrected chi connectivity index (χ1v) is 7.82. The first-order valence-electron chi connectivity index (χ1n) is 6.94. The Balaban J connectivity index is 2.11. The van der Waals surface area contributed by atoms with Gasteiger partial charge in [0.15, 0.2) is 0 Å². The third-order valence-electron chi connectivity index (χ3n) is 4.06. The van der Waals surface area contributed by atoms with Gasteiger partial charge in [-0.2, -0.15) is 4.74 Å². The molecule has 1 aliphatic heterocycles. The molecule has 1 aromatic carbocycles. The number of nitrogens with zero attached hydrogens (tertiary/aromatic N) is 2. The summed E-state index contributed by atoms with van der Waals surface area (Å²) >= 11 is 1.41. The van der Waals surface area contributed by atoms with Gasteiger partial charge in [-0.3, -0.25) is 4.79 Å². The van der Waals surface area contributed by atoms with Gasteiger partial charge in [-0.25, -0.2) is 0 Å². The van der Waals surface area contributed by atoms with E-state index in [1.165, 1.54) is 18.3 Å². The largest absolute Gasteiger partial charge is 0.622 e. The molecule has 0 unspecified atom stereocenters. The van der Waals surface area contributed by atoms with E-state index >= 15 is 0 Å². The zero-order valence-corrected chi connectivity index (χ0v) is 13.1. The Morgan fingerprint density at radius 3 is 2.59 bits per heavy atom. The van der Waals surface area contributed by atoms with Crippen LogP contribution < -0.4 is 0 Å². The van der Waals surface area contributed by atoms with Crippen LogP contribution in [0.2, 0.25) is 0 Å². The van der Waals surface area contributed by atoms with E-state index in [4.69, 9.17) is 0 Å². The van der Waals surface area contributed by atoms with Gasteiger partial charge in [0.05, 0.1) is 4.88 Å². The van der Waals surface area contributed by atoms with E-state index < -0.39 is 17.5 Å². The SMILES string of the molecule is C[C@H]1C(c2cccs2)=[N+]([O-])[C@@](C)(C(=O)c2ccccc2)N1O. The smallest absolute Gasteiger partial charge is 0.312 e. The highest BCUT2D eigenvalue weighted by Gasteiger charge is 2.58. The molecule has 2 atom stereocenters. The van der Waals surface area contributed by atoms with E-state index in [2.05, 4.69) is 0 Å². The first kappa shape index (κ1) is 14.9. The van der Waals surface area contributed by atoms with Crippen molar-refractivity contribution in [3.05, 3.63) is 63.5 Å². The topological polar surface area (TPSA) is 66.6 Å². The standard InChI is InChI=1S/C16H16N2O3S/c1-11-14(13-9-6-10-22-13)18(21)16(2,17(11)20)15(19)12-7-4-3-5-8-12/h3-11,20H,1-2H3/t11-,16-/m0/s1. The van der Waals surface area contributed by atoms with Crippen LogP contribution in [0.4, 0.5) is 0 Å². The highest BCUT2D eigenvalue weighted by atomic mass is 32.1. The summed E-state index contributed by atoms with van der Waals surface area (Å²) in [6, 6.07) is 11.6. The average molecular weight is 316 g/mol. The number of thiophene rings is 1. The van der Waals surface area contributed by atoms with Crippen LogP contribution in [0.25, 0.3) is 0 Å². The second-order valence-electron chi connectivity index (χ2n) is 5.39. The Labute approximate surface area is 132 Å². The van der Waals surface area contributed by atoms with E-state index in [1.807, 2.05) is 17.5 Å². The number of hydroxylamine groups is 3. The van der Waals surface area contributed by atoms with Gasteiger partial charge in [0.1, 0.15) is 6.04 Å². The molecule has 0 spiro atoms. The van der Waals surface area contributed by atoms with Crippen molar-refractivity contribution in [1.82, 2.24) is 5.06 Å². The minimum absolute atomic E-state index is 0.393. The molecule has 3 rings (SSSR count). The molecule has 22 heavy (non-hydrogen) atoms.